The van der Waals surface area contributed by atoms with E-state index in [2.05, 4.69) is 34.6 Å². The summed E-state index contributed by atoms with van der Waals surface area (Å²) in [5, 5.41) is 3.61. The van der Waals surface area contributed by atoms with Gasteiger partial charge >= 0.3 is 0 Å². The average molecular weight is 295 g/mol. The van der Waals surface area contributed by atoms with Gasteiger partial charge < -0.3 is 9.73 Å². The number of rotatable bonds is 2. The van der Waals surface area contributed by atoms with Crippen LogP contribution in [0.2, 0.25) is 0 Å². The number of hydrogen-bond acceptors (Lipinski definition) is 3. The van der Waals surface area contributed by atoms with Gasteiger partial charge in [0.05, 0.1) is 6.20 Å². The van der Waals surface area contributed by atoms with Crippen molar-refractivity contribution in [3.8, 4) is 0 Å². The van der Waals surface area contributed by atoms with Crippen molar-refractivity contribution in [3.05, 3.63) is 48.2 Å². The second-order valence-corrected chi connectivity index (χ2v) is 6.43. The molecule has 1 spiro atoms. The van der Waals surface area contributed by atoms with Gasteiger partial charge in [0.15, 0.2) is 6.39 Å². The lowest BCUT2D eigenvalue weighted by molar-refractivity contribution is 0.278. The molecule has 0 bridgehead atoms. The third-order valence-electron chi connectivity index (χ3n) is 4.99. The fraction of sp³-hybridized carbons (Fsp3) is 0.444. The quantitative estimate of drug-likeness (QED) is 0.903. The molecule has 114 valence electrons. The molecule has 0 saturated heterocycles. The van der Waals surface area contributed by atoms with E-state index >= 15 is 0 Å². The van der Waals surface area contributed by atoms with E-state index in [4.69, 9.17) is 9.41 Å². The summed E-state index contributed by atoms with van der Waals surface area (Å²) in [6, 6.07) is 8.60. The number of aliphatic imine (C=N–C) groups is 1. The zero-order valence-electron chi connectivity index (χ0n) is 12.7. The van der Waals surface area contributed by atoms with Gasteiger partial charge in [0, 0.05) is 11.1 Å². The van der Waals surface area contributed by atoms with Gasteiger partial charge in [0.2, 0.25) is 0 Å². The molecule has 2 aliphatic rings. The maximum atomic E-state index is 5.32. The topological polar surface area (TPSA) is 50.4 Å². The van der Waals surface area contributed by atoms with Gasteiger partial charge in [-0.2, -0.15) is 0 Å². The first kappa shape index (κ1) is 13.6. The van der Waals surface area contributed by atoms with Gasteiger partial charge in [-0.05, 0) is 30.9 Å². The van der Waals surface area contributed by atoms with Gasteiger partial charge in [-0.3, -0.25) is 4.99 Å². The Morgan fingerprint density at radius 2 is 2.05 bits per heavy atom. The van der Waals surface area contributed by atoms with Crippen LogP contribution >= 0.6 is 0 Å². The molecule has 1 aliphatic carbocycles. The Morgan fingerprint density at radius 3 is 2.86 bits per heavy atom. The lowest BCUT2D eigenvalue weighted by Gasteiger charge is -2.42. The van der Waals surface area contributed by atoms with E-state index in [-0.39, 0.29) is 5.41 Å². The zero-order chi connectivity index (χ0) is 14.8. The maximum absolute atomic E-state index is 5.32. The first-order valence-electron chi connectivity index (χ1n) is 8.13. The van der Waals surface area contributed by atoms with Crippen molar-refractivity contribution < 1.29 is 4.42 Å². The molecule has 0 radical (unpaired) electrons. The number of aromatic nitrogens is 1. The molecule has 1 N–H and O–H groups in total. The lowest BCUT2D eigenvalue weighted by atomic mass is 9.67. The number of amidine groups is 1. The molecular formula is C18H21N3O. The van der Waals surface area contributed by atoms with Crippen molar-refractivity contribution >= 4 is 11.5 Å². The average Bonchev–Trinajstić information content (AvgIpc) is 3.07. The second-order valence-electron chi connectivity index (χ2n) is 6.43. The van der Waals surface area contributed by atoms with Crippen LogP contribution in [0, 0.1) is 5.41 Å². The van der Waals surface area contributed by atoms with Crippen molar-refractivity contribution in [2.24, 2.45) is 10.4 Å². The van der Waals surface area contributed by atoms with Crippen molar-refractivity contribution in [2.75, 3.05) is 5.32 Å². The van der Waals surface area contributed by atoms with Crippen LogP contribution in [0.25, 0.3) is 0 Å². The van der Waals surface area contributed by atoms with Crippen molar-refractivity contribution in [2.45, 2.75) is 45.1 Å². The fourth-order valence-corrected chi connectivity index (χ4v) is 3.83. The Bertz CT molecular complexity index is 669. The monoisotopic (exact) mass is 295 g/mol. The molecule has 0 amide bonds. The van der Waals surface area contributed by atoms with Gasteiger partial charge in [0.1, 0.15) is 18.1 Å². The van der Waals surface area contributed by atoms with E-state index in [1.54, 1.807) is 6.20 Å². The van der Waals surface area contributed by atoms with Crippen LogP contribution < -0.4 is 5.32 Å². The zero-order valence-corrected chi connectivity index (χ0v) is 12.7. The maximum Gasteiger partial charge on any atom is 0.180 e. The number of oxazole rings is 1. The molecule has 22 heavy (non-hydrogen) atoms. The van der Waals surface area contributed by atoms with Crippen LogP contribution in [0.5, 0.6) is 0 Å². The highest BCUT2D eigenvalue weighted by Crippen LogP contribution is 2.44. The number of anilines is 1. The molecule has 0 unspecified atom stereocenters. The summed E-state index contributed by atoms with van der Waals surface area (Å²) in [6.45, 7) is 0.562. The van der Waals surface area contributed by atoms with Crippen LogP contribution in [0.15, 0.2) is 46.3 Å². The SMILES string of the molecule is c1ccc2c(c1)CC1(CCCCC1)C(=NCc1cnco1)N2. The molecule has 1 aromatic carbocycles. The first-order chi connectivity index (χ1) is 10.9. The predicted molar refractivity (Wildman–Crippen MR) is 86.9 cm³/mol. The standard InChI is InChI=1S/C18H21N3O/c1-4-8-18(9-5-1)10-14-6-2-3-7-16(14)21-17(18)20-12-15-11-19-13-22-15/h2-3,6-7,11,13H,1,4-5,8-10,12H2,(H,20,21). The van der Waals surface area contributed by atoms with Crippen molar-refractivity contribution in [1.29, 1.82) is 0 Å². The van der Waals surface area contributed by atoms with Crippen LogP contribution in [0.1, 0.15) is 43.4 Å². The summed E-state index contributed by atoms with van der Waals surface area (Å²) in [6.07, 6.45) is 10.7. The number of benzene rings is 1. The molecule has 0 atom stereocenters. The summed E-state index contributed by atoms with van der Waals surface area (Å²) >= 11 is 0. The minimum absolute atomic E-state index is 0.187. The second kappa shape index (κ2) is 5.59. The Hall–Kier alpha value is -2.10. The molecule has 1 saturated carbocycles. The highest BCUT2D eigenvalue weighted by Gasteiger charge is 2.40. The van der Waals surface area contributed by atoms with Gasteiger partial charge in [-0.15, -0.1) is 0 Å². The van der Waals surface area contributed by atoms with Crippen LogP contribution in [-0.4, -0.2) is 10.8 Å². The summed E-state index contributed by atoms with van der Waals surface area (Å²) < 4.78 is 5.32. The Morgan fingerprint density at radius 1 is 1.18 bits per heavy atom. The van der Waals surface area contributed by atoms with Crippen LogP contribution in [-0.2, 0) is 13.0 Å². The van der Waals surface area contributed by atoms with E-state index < -0.39 is 0 Å². The van der Waals surface area contributed by atoms with Crippen LogP contribution in [0.4, 0.5) is 5.69 Å². The van der Waals surface area contributed by atoms with E-state index in [0.717, 1.165) is 18.0 Å². The number of nitrogens with zero attached hydrogens (tertiary/aromatic N) is 2. The third-order valence-corrected chi connectivity index (χ3v) is 4.99. The molecule has 1 aliphatic heterocycles. The number of nitrogens with one attached hydrogen (secondary N) is 1. The highest BCUT2D eigenvalue weighted by molar-refractivity contribution is 6.02. The van der Waals surface area contributed by atoms with Gasteiger partial charge in [-0.25, -0.2) is 4.98 Å². The predicted octanol–water partition coefficient (Wildman–Crippen LogP) is 4.19. The lowest BCUT2D eigenvalue weighted by Crippen LogP contribution is -2.43. The van der Waals surface area contributed by atoms with E-state index in [0.29, 0.717) is 6.54 Å². The molecule has 1 fully saturated rings. The molecule has 1 aromatic heterocycles. The summed E-state index contributed by atoms with van der Waals surface area (Å²) in [7, 11) is 0. The number of fused-ring (bicyclic) bond motifs is 1. The van der Waals surface area contributed by atoms with Crippen molar-refractivity contribution in [3.63, 3.8) is 0 Å². The summed E-state index contributed by atoms with van der Waals surface area (Å²) in [5.41, 5.74) is 2.81. The molecule has 4 heteroatoms. The number of para-hydroxylation sites is 1. The summed E-state index contributed by atoms with van der Waals surface area (Å²) in [4.78, 5) is 8.84. The third kappa shape index (κ3) is 2.43. The Balaban J connectivity index is 1.68. The normalized spacial score (nSPS) is 21.5. The number of hydrogen-bond donors (Lipinski definition) is 1. The molecule has 4 rings (SSSR count). The largest absolute Gasteiger partial charge is 0.447 e. The van der Waals surface area contributed by atoms with E-state index in [1.165, 1.54) is 49.7 Å². The van der Waals surface area contributed by atoms with Gasteiger partial charge in [0.25, 0.3) is 0 Å². The van der Waals surface area contributed by atoms with Crippen LogP contribution in [0.3, 0.4) is 0 Å². The van der Waals surface area contributed by atoms with E-state index in [9.17, 15) is 0 Å². The smallest absolute Gasteiger partial charge is 0.180 e. The fourth-order valence-electron chi connectivity index (χ4n) is 3.83. The minimum Gasteiger partial charge on any atom is -0.447 e. The molecule has 2 aromatic rings. The summed E-state index contributed by atoms with van der Waals surface area (Å²) in [5.74, 6) is 1.96. The van der Waals surface area contributed by atoms with Gasteiger partial charge in [-0.1, -0.05) is 37.5 Å². The first-order valence-corrected chi connectivity index (χ1v) is 8.13. The minimum atomic E-state index is 0.187. The molecular weight excluding hydrogens is 274 g/mol. The van der Waals surface area contributed by atoms with E-state index in [1.807, 2.05) is 0 Å². The van der Waals surface area contributed by atoms with Crippen molar-refractivity contribution in [1.82, 2.24) is 4.98 Å². The molecule has 2 heterocycles. The Kier molecular flexibility index (Phi) is 3.45. The Labute approximate surface area is 130 Å². The molecule has 4 nitrogen and oxygen atoms in total. The highest BCUT2D eigenvalue weighted by atomic mass is 16.3.